The second-order valence-electron chi connectivity index (χ2n) is 3.87. The number of nitrogens with one attached hydrogen (secondary N) is 2. The predicted octanol–water partition coefficient (Wildman–Crippen LogP) is -1.79. The van der Waals surface area contributed by atoms with Crippen LogP contribution in [0, 0.1) is 0 Å². The minimum atomic E-state index is -1.33. The van der Waals surface area contributed by atoms with Crippen molar-refractivity contribution in [2.75, 3.05) is 13.2 Å². The van der Waals surface area contributed by atoms with Gasteiger partial charge in [0, 0.05) is 13.8 Å². The number of hydrogen-bond acceptors (Lipinski definition) is 6. The molecule has 0 spiro atoms. The zero-order chi connectivity index (χ0) is 15.7. The Kier molecular flexibility index (Phi) is 7.56. The van der Waals surface area contributed by atoms with Crippen molar-refractivity contribution >= 4 is 29.5 Å². The van der Waals surface area contributed by atoms with E-state index in [1.54, 1.807) is 0 Å². The standard InChI is InChI=1S/C11H16N2O7/c1-6(14)12-4-10(17)13-8(3-11(18)19)9(16)5-20-7(2)15/h8H,3-5H2,1-2H3,(H,12,14)(H,13,17)(H,18,19). The lowest BCUT2D eigenvalue weighted by molar-refractivity contribution is -0.147. The van der Waals surface area contributed by atoms with Gasteiger partial charge in [-0.1, -0.05) is 0 Å². The van der Waals surface area contributed by atoms with Gasteiger partial charge in [0.15, 0.2) is 12.4 Å². The molecule has 0 bridgehead atoms. The van der Waals surface area contributed by atoms with E-state index in [4.69, 9.17) is 5.11 Å². The molecule has 0 saturated carbocycles. The molecule has 1 unspecified atom stereocenters. The Labute approximate surface area is 114 Å². The fourth-order valence-corrected chi connectivity index (χ4v) is 1.14. The zero-order valence-electron chi connectivity index (χ0n) is 11.1. The second kappa shape index (κ2) is 8.62. The number of rotatable bonds is 8. The van der Waals surface area contributed by atoms with Crippen molar-refractivity contribution in [1.82, 2.24) is 10.6 Å². The van der Waals surface area contributed by atoms with Gasteiger partial charge < -0.3 is 20.5 Å². The molecular formula is C11H16N2O7. The molecule has 0 fully saturated rings. The summed E-state index contributed by atoms with van der Waals surface area (Å²) in [4.78, 5) is 54.8. The van der Waals surface area contributed by atoms with E-state index < -0.39 is 48.6 Å². The number of amides is 2. The number of carbonyl (C=O) groups excluding carboxylic acids is 4. The highest BCUT2D eigenvalue weighted by molar-refractivity contribution is 5.94. The number of hydrogen-bond donors (Lipinski definition) is 3. The topological polar surface area (TPSA) is 139 Å². The van der Waals surface area contributed by atoms with Gasteiger partial charge in [-0.25, -0.2) is 0 Å². The molecule has 3 N–H and O–H groups in total. The van der Waals surface area contributed by atoms with Crippen molar-refractivity contribution in [1.29, 1.82) is 0 Å². The van der Waals surface area contributed by atoms with E-state index in [9.17, 15) is 24.0 Å². The van der Waals surface area contributed by atoms with Crippen molar-refractivity contribution in [3.8, 4) is 0 Å². The molecule has 9 nitrogen and oxygen atoms in total. The first-order valence-electron chi connectivity index (χ1n) is 5.64. The van der Waals surface area contributed by atoms with Gasteiger partial charge in [0.05, 0.1) is 13.0 Å². The Morgan fingerprint density at radius 3 is 2.20 bits per heavy atom. The van der Waals surface area contributed by atoms with Gasteiger partial charge in [-0.15, -0.1) is 0 Å². The molecule has 20 heavy (non-hydrogen) atoms. The van der Waals surface area contributed by atoms with Crippen molar-refractivity contribution in [3.63, 3.8) is 0 Å². The van der Waals surface area contributed by atoms with E-state index in [-0.39, 0.29) is 6.54 Å². The van der Waals surface area contributed by atoms with Gasteiger partial charge in [-0.2, -0.15) is 0 Å². The molecule has 0 aliphatic rings. The van der Waals surface area contributed by atoms with Crippen LogP contribution in [-0.4, -0.2) is 53.8 Å². The molecule has 0 aliphatic carbocycles. The fourth-order valence-electron chi connectivity index (χ4n) is 1.14. The molecule has 9 heteroatoms. The predicted molar refractivity (Wildman–Crippen MR) is 64.5 cm³/mol. The van der Waals surface area contributed by atoms with Gasteiger partial charge in [-0.3, -0.25) is 24.0 Å². The molecule has 0 saturated heterocycles. The van der Waals surface area contributed by atoms with Gasteiger partial charge in [0.1, 0.15) is 6.04 Å². The van der Waals surface area contributed by atoms with Crippen LogP contribution >= 0.6 is 0 Å². The van der Waals surface area contributed by atoms with E-state index in [0.29, 0.717) is 0 Å². The third-order valence-electron chi connectivity index (χ3n) is 2.02. The van der Waals surface area contributed by atoms with E-state index >= 15 is 0 Å². The molecule has 0 aromatic carbocycles. The maximum atomic E-state index is 11.6. The van der Waals surface area contributed by atoms with Gasteiger partial charge in [-0.05, 0) is 0 Å². The van der Waals surface area contributed by atoms with Crippen LogP contribution in [0.5, 0.6) is 0 Å². The highest BCUT2D eigenvalue weighted by atomic mass is 16.5. The molecule has 0 rings (SSSR count). The van der Waals surface area contributed by atoms with Crippen LogP contribution in [0.4, 0.5) is 0 Å². The zero-order valence-corrected chi connectivity index (χ0v) is 11.1. The molecule has 0 heterocycles. The Morgan fingerprint density at radius 1 is 1.15 bits per heavy atom. The first-order valence-corrected chi connectivity index (χ1v) is 5.64. The van der Waals surface area contributed by atoms with E-state index in [2.05, 4.69) is 15.4 Å². The Balaban J connectivity index is 4.50. The van der Waals surface area contributed by atoms with Gasteiger partial charge in [0.2, 0.25) is 11.8 Å². The number of Topliss-reactive ketones (excluding diaryl/α,β-unsaturated/α-hetero) is 1. The maximum absolute atomic E-state index is 11.6. The third-order valence-corrected chi connectivity index (χ3v) is 2.02. The number of ketones is 1. The minimum Gasteiger partial charge on any atom is -0.481 e. The van der Waals surface area contributed by atoms with Crippen LogP contribution in [0.15, 0.2) is 0 Å². The maximum Gasteiger partial charge on any atom is 0.305 e. The highest BCUT2D eigenvalue weighted by Gasteiger charge is 2.24. The van der Waals surface area contributed by atoms with Gasteiger partial charge in [0.25, 0.3) is 0 Å². The molecule has 2 amide bonds. The Morgan fingerprint density at radius 2 is 1.75 bits per heavy atom. The lowest BCUT2D eigenvalue weighted by Crippen LogP contribution is -2.47. The molecule has 0 radical (unpaired) electrons. The molecule has 1 atom stereocenters. The first kappa shape index (κ1) is 17.6. The number of aliphatic carboxylic acids is 1. The van der Waals surface area contributed by atoms with Crippen LogP contribution in [0.3, 0.4) is 0 Å². The van der Waals surface area contributed by atoms with Crippen LogP contribution in [-0.2, 0) is 28.7 Å². The van der Waals surface area contributed by atoms with Crippen LogP contribution in [0.2, 0.25) is 0 Å². The quantitative estimate of drug-likeness (QED) is 0.448. The lowest BCUT2D eigenvalue weighted by Gasteiger charge is -2.15. The molecule has 0 aliphatic heterocycles. The summed E-state index contributed by atoms with van der Waals surface area (Å²) in [6, 6.07) is -1.33. The summed E-state index contributed by atoms with van der Waals surface area (Å²) in [5.74, 6) is -3.91. The first-order chi connectivity index (χ1) is 9.22. The summed E-state index contributed by atoms with van der Waals surface area (Å²) in [5, 5.41) is 13.0. The minimum absolute atomic E-state index is 0.383. The number of carboxylic acids is 1. The highest BCUT2D eigenvalue weighted by Crippen LogP contribution is 1.96. The van der Waals surface area contributed by atoms with Crippen molar-refractivity contribution < 1.29 is 33.8 Å². The Hall–Kier alpha value is -2.45. The molecule has 0 aromatic rings. The van der Waals surface area contributed by atoms with Crippen LogP contribution in [0.25, 0.3) is 0 Å². The van der Waals surface area contributed by atoms with E-state index in [0.717, 1.165) is 6.92 Å². The monoisotopic (exact) mass is 288 g/mol. The largest absolute Gasteiger partial charge is 0.481 e. The average molecular weight is 288 g/mol. The summed E-state index contributed by atoms with van der Waals surface area (Å²) < 4.78 is 4.44. The summed E-state index contributed by atoms with van der Waals surface area (Å²) in [6.07, 6.45) is -0.647. The lowest BCUT2D eigenvalue weighted by atomic mass is 10.1. The molecule has 0 aromatic heterocycles. The summed E-state index contributed by atoms with van der Waals surface area (Å²) >= 11 is 0. The van der Waals surface area contributed by atoms with Gasteiger partial charge >= 0.3 is 11.9 Å². The fraction of sp³-hybridized carbons (Fsp3) is 0.545. The van der Waals surface area contributed by atoms with Crippen molar-refractivity contribution in [2.24, 2.45) is 0 Å². The number of carboxylic acid groups (broad SMARTS) is 1. The normalized spacial score (nSPS) is 11.1. The van der Waals surface area contributed by atoms with E-state index in [1.807, 2.05) is 0 Å². The summed E-state index contributed by atoms with van der Waals surface area (Å²) in [5.41, 5.74) is 0. The van der Waals surface area contributed by atoms with Crippen molar-refractivity contribution in [2.45, 2.75) is 26.3 Å². The summed E-state index contributed by atoms with van der Waals surface area (Å²) in [6.45, 7) is 1.28. The number of ether oxygens (including phenoxy) is 1. The van der Waals surface area contributed by atoms with Crippen LogP contribution < -0.4 is 10.6 Å². The molecular weight excluding hydrogens is 272 g/mol. The SMILES string of the molecule is CC(=O)NCC(=O)NC(CC(=O)O)C(=O)COC(C)=O. The number of carbonyl (C=O) groups is 5. The Bertz CT molecular complexity index is 419. The smallest absolute Gasteiger partial charge is 0.305 e. The van der Waals surface area contributed by atoms with E-state index in [1.165, 1.54) is 6.92 Å². The number of esters is 1. The average Bonchev–Trinajstić information content (AvgIpc) is 2.32. The molecule has 112 valence electrons. The van der Waals surface area contributed by atoms with Crippen molar-refractivity contribution in [3.05, 3.63) is 0 Å². The third kappa shape index (κ3) is 8.61. The second-order valence-corrected chi connectivity index (χ2v) is 3.87. The van der Waals surface area contributed by atoms with Crippen LogP contribution in [0.1, 0.15) is 20.3 Å². The summed E-state index contributed by atoms with van der Waals surface area (Å²) in [7, 11) is 0.